The van der Waals surface area contributed by atoms with Crippen LogP contribution < -0.4 is 10.1 Å². The predicted octanol–water partition coefficient (Wildman–Crippen LogP) is 3.44. The van der Waals surface area contributed by atoms with Crippen molar-refractivity contribution in [2.24, 2.45) is 0 Å². The van der Waals surface area contributed by atoms with Gasteiger partial charge in [0.1, 0.15) is 18.4 Å². The number of rotatable bonds is 11. The average molecular weight is 548 g/mol. The summed E-state index contributed by atoms with van der Waals surface area (Å²) in [6, 6.07) is 21.5. The molecule has 40 heavy (non-hydrogen) atoms. The minimum absolute atomic E-state index is 0.0101. The Morgan fingerprint density at radius 1 is 0.800 bits per heavy atom. The highest BCUT2D eigenvalue weighted by molar-refractivity contribution is 5.88. The Morgan fingerprint density at radius 2 is 1.43 bits per heavy atom. The Bertz CT molecular complexity index is 1320. The van der Waals surface area contributed by atoms with E-state index in [2.05, 4.69) is 5.32 Å². The molecule has 1 aliphatic rings. The Labute approximate surface area is 232 Å². The average Bonchev–Trinajstić information content (AvgIpc) is 2.98. The summed E-state index contributed by atoms with van der Waals surface area (Å²) in [6.07, 6.45) is -0.758. The molecule has 0 aliphatic carbocycles. The first-order valence-electron chi connectivity index (χ1n) is 13.3. The van der Waals surface area contributed by atoms with Gasteiger partial charge >= 0.3 is 12.1 Å². The van der Waals surface area contributed by atoms with Crippen molar-refractivity contribution in [2.45, 2.75) is 31.9 Å². The van der Waals surface area contributed by atoms with Crippen LogP contribution in [0.25, 0.3) is 10.8 Å². The van der Waals surface area contributed by atoms with Gasteiger partial charge in [-0.15, -0.1) is 0 Å². The van der Waals surface area contributed by atoms with E-state index >= 15 is 0 Å². The number of carboxylic acid groups (broad SMARTS) is 1. The predicted molar refractivity (Wildman–Crippen MR) is 148 cm³/mol. The van der Waals surface area contributed by atoms with E-state index in [1.54, 1.807) is 34.1 Å². The number of nitrogens with one attached hydrogen (secondary N) is 1. The summed E-state index contributed by atoms with van der Waals surface area (Å²) in [6.45, 7) is 1.77. The van der Waals surface area contributed by atoms with Gasteiger partial charge in [0.05, 0.1) is 13.0 Å². The van der Waals surface area contributed by atoms with E-state index in [0.29, 0.717) is 26.2 Å². The lowest BCUT2D eigenvalue weighted by atomic mass is 10.1. The third kappa shape index (κ3) is 7.95. The maximum atomic E-state index is 12.7. The summed E-state index contributed by atoms with van der Waals surface area (Å²) in [5, 5.41) is 13.8. The summed E-state index contributed by atoms with van der Waals surface area (Å²) in [5.41, 5.74) is 0.773. The van der Waals surface area contributed by atoms with Crippen LogP contribution in [0.1, 0.15) is 24.8 Å². The molecule has 2 N–H and O–H groups in total. The van der Waals surface area contributed by atoms with Crippen LogP contribution >= 0.6 is 0 Å². The number of aliphatic carboxylic acids is 1. The summed E-state index contributed by atoms with van der Waals surface area (Å²) >= 11 is 0. The van der Waals surface area contributed by atoms with Gasteiger partial charge in [-0.2, -0.15) is 0 Å². The van der Waals surface area contributed by atoms with Crippen molar-refractivity contribution in [2.75, 3.05) is 32.8 Å². The third-order valence-corrected chi connectivity index (χ3v) is 6.76. The molecule has 0 bridgehead atoms. The van der Waals surface area contributed by atoms with Crippen LogP contribution in [-0.4, -0.2) is 77.6 Å². The number of fused-ring (bicyclic) bond motifs is 1. The van der Waals surface area contributed by atoms with Gasteiger partial charge in [-0.25, -0.2) is 9.59 Å². The lowest BCUT2D eigenvalue weighted by Crippen LogP contribution is -2.51. The number of amides is 3. The van der Waals surface area contributed by atoms with Crippen molar-refractivity contribution >= 4 is 34.6 Å². The molecule has 10 nitrogen and oxygen atoms in total. The largest absolute Gasteiger partial charge is 0.492 e. The van der Waals surface area contributed by atoms with Crippen molar-refractivity contribution in [3.05, 3.63) is 78.4 Å². The SMILES string of the molecule is O=C(N[C@@H](CCC(=O)N1CCN(C(=O)CCOc2cccc3ccccc23)CC1)C(=O)O)OCc1ccccc1. The molecule has 3 aromatic rings. The van der Waals surface area contributed by atoms with Gasteiger partial charge in [0.2, 0.25) is 11.8 Å². The summed E-state index contributed by atoms with van der Waals surface area (Å²) in [7, 11) is 0. The Balaban J connectivity index is 1.16. The van der Waals surface area contributed by atoms with E-state index in [-0.39, 0.29) is 44.3 Å². The smallest absolute Gasteiger partial charge is 0.408 e. The third-order valence-electron chi connectivity index (χ3n) is 6.76. The fourth-order valence-electron chi connectivity index (χ4n) is 4.52. The Hall–Kier alpha value is -4.60. The van der Waals surface area contributed by atoms with Crippen LogP contribution in [-0.2, 0) is 25.7 Å². The molecule has 1 saturated heterocycles. The van der Waals surface area contributed by atoms with Crippen molar-refractivity contribution in [1.29, 1.82) is 0 Å². The van der Waals surface area contributed by atoms with E-state index in [4.69, 9.17) is 9.47 Å². The second-order valence-corrected chi connectivity index (χ2v) is 9.47. The molecule has 1 atom stereocenters. The molecular formula is C30H33N3O7. The fourth-order valence-corrected chi connectivity index (χ4v) is 4.52. The first kappa shape index (κ1) is 28.4. The number of hydrogen-bond acceptors (Lipinski definition) is 6. The van der Waals surface area contributed by atoms with E-state index in [0.717, 1.165) is 22.1 Å². The topological polar surface area (TPSA) is 125 Å². The van der Waals surface area contributed by atoms with E-state index in [1.165, 1.54) is 0 Å². The number of nitrogens with zero attached hydrogens (tertiary/aromatic N) is 2. The van der Waals surface area contributed by atoms with Gasteiger partial charge in [-0.3, -0.25) is 9.59 Å². The minimum Gasteiger partial charge on any atom is -0.492 e. The highest BCUT2D eigenvalue weighted by Crippen LogP contribution is 2.25. The minimum atomic E-state index is -1.25. The zero-order valence-electron chi connectivity index (χ0n) is 22.2. The van der Waals surface area contributed by atoms with Crippen LogP contribution in [0.4, 0.5) is 4.79 Å². The molecule has 0 radical (unpaired) electrons. The first-order valence-corrected chi connectivity index (χ1v) is 13.3. The van der Waals surface area contributed by atoms with E-state index in [1.807, 2.05) is 48.5 Å². The number of piperazine rings is 1. The van der Waals surface area contributed by atoms with Crippen molar-refractivity contribution < 1.29 is 33.8 Å². The molecule has 0 unspecified atom stereocenters. The van der Waals surface area contributed by atoms with E-state index in [9.17, 15) is 24.3 Å². The van der Waals surface area contributed by atoms with Gasteiger partial charge in [0, 0.05) is 38.0 Å². The van der Waals surface area contributed by atoms with Crippen LogP contribution in [0.3, 0.4) is 0 Å². The van der Waals surface area contributed by atoms with Gasteiger partial charge in [0.25, 0.3) is 0 Å². The van der Waals surface area contributed by atoms with Crippen LogP contribution in [0.15, 0.2) is 72.8 Å². The lowest BCUT2D eigenvalue weighted by molar-refractivity contribution is -0.141. The molecule has 0 saturated carbocycles. The number of carbonyl (C=O) groups is 4. The molecule has 4 rings (SSSR count). The number of benzene rings is 3. The molecule has 210 valence electrons. The van der Waals surface area contributed by atoms with Crippen molar-refractivity contribution in [3.8, 4) is 5.75 Å². The molecule has 1 aliphatic heterocycles. The highest BCUT2D eigenvalue weighted by atomic mass is 16.5. The van der Waals surface area contributed by atoms with Crippen LogP contribution in [0.2, 0.25) is 0 Å². The normalized spacial score (nSPS) is 13.9. The first-order chi connectivity index (χ1) is 19.4. The molecule has 0 spiro atoms. The van der Waals surface area contributed by atoms with Crippen LogP contribution in [0.5, 0.6) is 5.75 Å². The molecule has 3 aromatic carbocycles. The number of alkyl carbamates (subject to hydrolysis) is 1. The highest BCUT2D eigenvalue weighted by Gasteiger charge is 2.27. The number of carboxylic acids is 1. The number of ether oxygens (including phenoxy) is 2. The molecule has 3 amide bonds. The van der Waals surface area contributed by atoms with Crippen molar-refractivity contribution in [3.63, 3.8) is 0 Å². The number of carbonyl (C=O) groups excluding carboxylic acids is 3. The second kappa shape index (κ2) is 14.0. The maximum Gasteiger partial charge on any atom is 0.408 e. The van der Waals surface area contributed by atoms with Gasteiger partial charge in [0.15, 0.2) is 0 Å². The Kier molecular flexibility index (Phi) is 9.93. The monoisotopic (exact) mass is 547 g/mol. The van der Waals surface area contributed by atoms with Gasteiger partial charge < -0.3 is 29.7 Å². The van der Waals surface area contributed by atoms with Gasteiger partial charge in [-0.1, -0.05) is 66.7 Å². The maximum absolute atomic E-state index is 12.7. The molecule has 1 fully saturated rings. The fraction of sp³-hybridized carbons (Fsp3) is 0.333. The van der Waals surface area contributed by atoms with Gasteiger partial charge in [-0.05, 0) is 23.4 Å². The quantitative estimate of drug-likeness (QED) is 0.377. The second-order valence-electron chi connectivity index (χ2n) is 9.47. The zero-order valence-corrected chi connectivity index (χ0v) is 22.2. The lowest BCUT2D eigenvalue weighted by Gasteiger charge is -2.35. The molecular weight excluding hydrogens is 514 g/mol. The van der Waals surface area contributed by atoms with E-state index < -0.39 is 18.1 Å². The molecule has 1 heterocycles. The zero-order chi connectivity index (χ0) is 28.3. The summed E-state index contributed by atoms with van der Waals surface area (Å²) in [5.74, 6) is -0.779. The molecule has 10 heteroatoms. The molecule has 0 aromatic heterocycles. The number of hydrogen-bond donors (Lipinski definition) is 2. The van der Waals surface area contributed by atoms with Crippen molar-refractivity contribution in [1.82, 2.24) is 15.1 Å². The summed E-state index contributed by atoms with van der Waals surface area (Å²) in [4.78, 5) is 52.4. The van der Waals surface area contributed by atoms with Crippen LogP contribution in [0, 0.1) is 0 Å². The standard InChI is InChI=1S/C30H33N3O7/c34-27(14-13-25(29(36)37)31-30(38)40-21-22-7-2-1-3-8-22)32-16-18-33(19-17-32)28(35)15-20-39-26-12-6-10-23-9-4-5-11-24(23)26/h1-12,25H,13-21H2,(H,31,38)(H,36,37)/t25-/m0/s1. The summed E-state index contributed by atoms with van der Waals surface area (Å²) < 4.78 is 11.0. The Morgan fingerprint density at radius 3 is 2.12 bits per heavy atom.